The van der Waals surface area contributed by atoms with Gasteiger partial charge < -0.3 is 20.1 Å². The highest BCUT2D eigenvalue weighted by Gasteiger charge is 2.21. The number of ether oxygens (including phenoxy) is 2. The summed E-state index contributed by atoms with van der Waals surface area (Å²) in [6.07, 6.45) is 0. The molecule has 0 saturated carbocycles. The molecule has 1 heterocycles. The van der Waals surface area contributed by atoms with Crippen molar-refractivity contribution in [2.75, 3.05) is 26.1 Å². The van der Waals surface area contributed by atoms with Gasteiger partial charge in [-0.25, -0.2) is 4.98 Å². The number of nitrogens with zero attached hydrogens (tertiary/aromatic N) is 1. The van der Waals surface area contributed by atoms with Gasteiger partial charge in [0.25, 0.3) is 0 Å². The molecular weight excluding hydrogens is 354 g/mol. The van der Waals surface area contributed by atoms with Crippen LogP contribution in [-0.2, 0) is 9.59 Å². The molecule has 0 aliphatic heterocycles. The first-order chi connectivity index (χ1) is 12.2. The van der Waals surface area contributed by atoms with Crippen LogP contribution in [0.4, 0.5) is 5.13 Å². The Bertz CT molecular complexity index is 796. The third-order valence-electron chi connectivity index (χ3n) is 3.52. The molecule has 8 heteroatoms. The molecule has 2 amide bonds. The lowest BCUT2D eigenvalue weighted by Crippen LogP contribution is -2.39. The third kappa shape index (κ3) is 4.95. The van der Waals surface area contributed by atoms with E-state index in [1.807, 2.05) is 11.4 Å². The van der Waals surface area contributed by atoms with Crippen LogP contribution in [0.15, 0.2) is 23.6 Å². The van der Waals surface area contributed by atoms with Gasteiger partial charge in [-0.15, -0.1) is 11.3 Å². The van der Waals surface area contributed by atoms with Gasteiger partial charge in [-0.05, 0) is 18.2 Å². The van der Waals surface area contributed by atoms with E-state index >= 15 is 0 Å². The first kappa shape index (κ1) is 19.7. The summed E-state index contributed by atoms with van der Waals surface area (Å²) in [6.45, 7) is 5.26. The molecule has 2 aromatic rings. The minimum Gasteiger partial charge on any atom is -0.497 e. The fourth-order valence-corrected chi connectivity index (χ4v) is 2.79. The number of nitrogens with one attached hydrogen (secondary N) is 2. The van der Waals surface area contributed by atoms with Gasteiger partial charge in [0.2, 0.25) is 11.8 Å². The summed E-state index contributed by atoms with van der Waals surface area (Å²) < 4.78 is 10.6. The second-order valence-corrected chi connectivity index (χ2v) is 7.44. The van der Waals surface area contributed by atoms with Crippen LogP contribution in [0.3, 0.4) is 0 Å². The first-order valence-corrected chi connectivity index (χ1v) is 8.88. The monoisotopic (exact) mass is 377 g/mol. The van der Waals surface area contributed by atoms with Crippen molar-refractivity contribution in [2.24, 2.45) is 5.41 Å². The number of benzene rings is 1. The zero-order valence-corrected chi connectivity index (χ0v) is 16.3. The number of carbonyl (C=O) groups excluding carboxylic acids is 2. The van der Waals surface area contributed by atoms with Gasteiger partial charge in [-0.1, -0.05) is 20.8 Å². The van der Waals surface area contributed by atoms with Crippen LogP contribution < -0.4 is 20.1 Å². The van der Waals surface area contributed by atoms with Crippen molar-refractivity contribution in [3.8, 4) is 22.8 Å². The molecule has 0 fully saturated rings. The zero-order chi connectivity index (χ0) is 19.3. The van der Waals surface area contributed by atoms with Crippen LogP contribution in [0.25, 0.3) is 11.3 Å². The Morgan fingerprint density at radius 1 is 1.19 bits per heavy atom. The highest BCUT2D eigenvalue weighted by Crippen LogP contribution is 2.34. The Morgan fingerprint density at radius 3 is 2.54 bits per heavy atom. The van der Waals surface area contributed by atoms with Gasteiger partial charge in [0.1, 0.15) is 11.5 Å². The minimum atomic E-state index is -0.544. The van der Waals surface area contributed by atoms with Crippen LogP contribution in [0.5, 0.6) is 11.5 Å². The maximum Gasteiger partial charge on any atom is 0.245 e. The smallest absolute Gasteiger partial charge is 0.245 e. The predicted molar refractivity (Wildman–Crippen MR) is 102 cm³/mol. The molecule has 0 aliphatic rings. The topological polar surface area (TPSA) is 89.5 Å². The molecule has 140 valence electrons. The van der Waals surface area contributed by atoms with Gasteiger partial charge in [0.15, 0.2) is 5.13 Å². The molecule has 7 nitrogen and oxygen atoms in total. The van der Waals surface area contributed by atoms with E-state index in [1.54, 1.807) is 47.1 Å². The molecule has 1 aromatic carbocycles. The van der Waals surface area contributed by atoms with Gasteiger partial charge in [0, 0.05) is 16.4 Å². The lowest BCUT2D eigenvalue weighted by atomic mass is 9.96. The summed E-state index contributed by atoms with van der Waals surface area (Å²) >= 11 is 1.29. The van der Waals surface area contributed by atoms with Crippen molar-refractivity contribution in [3.63, 3.8) is 0 Å². The van der Waals surface area contributed by atoms with Crippen LogP contribution in [0.2, 0.25) is 0 Å². The Hall–Kier alpha value is -2.61. The standard InChI is InChI=1S/C18H23N3O4S/c1-18(2,3)16(23)19-9-15(22)21-17-20-13(10-26-17)12-8-11(24-4)6-7-14(12)25-5/h6-8,10H,9H2,1-5H3,(H,19,23)(H,20,21,22). The summed E-state index contributed by atoms with van der Waals surface area (Å²) in [5.74, 6) is 0.824. The molecule has 1 aromatic heterocycles. The Kier molecular flexibility index (Phi) is 6.20. The van der Waals surface area contributed by atoms with E-state index in [2.05, 4.69) is 15.6 Å². The Labute approximate surface area is 156 Å². The van der Waals surface area contributed by atoms with E-state index in [0.717, 1.165) is 5.56 Å². The number of methoxy groups -OCH3 is 2. The summed E-state index contributed by atoms with van der Waals surface area (Å²) in [4.78, 5) is 28.2. The number of hydrogen-bond acceptors (Lipinski definition) is 6. The van der Waals surface area contributed by atoms with Crippen LogP contribution >= 0.6 is 11.3 Å². The molecule has 2 N–H and O–H groups in total. The normalized spacial score (nSPS) is 11.0. The maximum absolute atomic E-state index is 12.0. The summed E-state index contributed by atoms with van der Waals surface area (Å²) in [6, 6.07) is 5.42. The van der Waals surface area contributed by atoms with Gasteiger partial charge >= 0.3 is 0 Å². The molecule has 0 radical (unpaired) electrons. The summed E-state index contributed by atoms with van der Waals surface area (Å²) in [5.41, 5.74) is 0.891. The molecule has 2 rings (SSSR count). The van der Waals surface area contributed by atoms with Crippen molar-refractivity contribution in [1.29, 1.82) is 0 Å². The molecular formula is C18H23N3O4S. The van der Waals surface area contributed by atoms with E-state index in [0.29, 0.717) is 22.3 Å². The number of hydrogen-bond donors (Lipinski definition) is 2. The Balaban J connectivity index is 2.06. The van der Waals surface area contributed by atoms with E-state index in [1.165, 1.54) is 11.3 Å². The van der Waals surface area contributed by atoms with E-state index in [9.17, 15) is 9.59 Å². The summed E-state index contributed by atoms with van der Waals surface area (Å²) in [7, 11) is 3.17. The zero-order valence-electron chi connectivity index (χ0n) is 15.5. The fraction of sp³-hybridized carbons (Fsp3) is 0.389. The fourth-order valence-electron chi connectivity index (χ4n) is 2.06. The average molecular weight is 377 g/mol. The van der Waals surface area contributed by atoms with Crippen molar-refractivity contribution in [3.05, 3.63) is 23.6 Å². The number of carbonyl (C=O) groups is 2. The van der Waals surface area contributed by atoms with Crippen LogP contribution in [0, 0.1) is 5.41 Å². The predicted octanol–water partition coefficient (Wildman–Crippen LogP) is 2.93. The molecule has 0 saturated heterocycles. The van der Waals surface area contributed by atoms with Crippen LogP contribution in [0.1, 0.15) is 20.8 Å². The minimum absolute atomic E-state index is 0.104. The van der Waals surface area contributed by atoms with E-state index in [4.69, 9.17) is 9.47 Å². The second kappa shape index (κ2) is 8.18. The summed E-state index contributed by atoms with van der Waals surface area (Å²) in [5, 5.41) is 7.55. The van der Waals surface area contributed by atoms with E-state index < -0.39 is 5.41 Å². The van der Waals surface area contributed by atoms with Crippen molar-refractivity contribution >= 4 is 28.3 Å². The van der Waals surface area contributed by atoms with Crippen molar-refractivity contribution in [1.82, 2.24) is 10.3 Å². The first-order valence-electron chi connectivity index (χ1n) is 8.00. The number of amides is 2. The van der Waals surface area contributed by atoms with Gasteiger partial charge in [0.05, 0.1) is 26.5 Å². The number of aromatic nitrogens is 1. The molecule has 0 atom stereocenters. The highest BCUT2D eigenvalue weighted by atomic mass is 32.1. The Morgan fingerprint density at radius 2 is 1.92 bits per heavy atom. The molecule has 0 bridgehead atoms. The van der Waals surface area contributed by atoms with Gasteiger partial charge in [-0.2, -0.15) is 0 Å². The number of thiazole rings is 1. The van der Waals surface area contributed by atoms with Crippen molar-refractivity contribution < 1.29 is 19.1 Å². The van der Waals surface area contributed by atoms with Gasteiger partial charge in [-0.3, -0.25) is 9.59 Å². The quantitative estimate of drug-likeness (QED) is 0.808. The molecule has 0 unspecified atom stereocenters. The highest BCUT2D eigenvalue weighted by molar-refractivity contribution is 7.14. The van der Waals surface area contributed by atoms with Crippen LogP contribution in [-0.4, -0.2) is 37.6 Å². The lowest BCUT2D eigenvalue weighted by molar-refractivity contribution is -0.130. The third-order valence-corrected chi connectivity index (χ3v) is 4.28. The van der Waals surface area contributed by atoms with E-state index in [-0.39, 0.29) is 18.4 Å². The lowest BCUT2D eigenvalue weighted by Gasteiger charge is -2.17. The number of rotatable bonds is 6. The second-order valence-electron chi connectivity index (χ2n) is 6.58. The molecule has 26 heavy (non-hydrogen) atoms. The molecule has 0 aliphatic carbocycles. The SMILES string of the molecule is COc1ccc(OC)c(-c2csc(NC(=O)CNC(=O)C(C)(C)C)n2)c1. The largest absolute Gasteiger partial charge is 0.497 e. The molecule has 0 spiro atoms. The number of anilines is 1. The maximum atomic E-state index is 12.0. The average Bonchev–Trinajstić information content (AvgIpc) is 3.06. The van der Waals surface area contributed by atoms with Crippen molar-refractivity contribution in [2.45, 2.75) is 20.8 Å².